The van der Waals surface area contributed by atoms with E-state index >= 15 is 0 Å². The molecule has 3 atom stereocenters. The summed E-state index contributed by atoms with van der Waals surface area (Å²) < 4.78 is 10.9. The van der Waals surface area contributed by atoms with Crippen molar-refractivity contribution in [2.75, 3.05) is 13.2 Å². The second kappa shape index (κ2) is 11.4. The highest BCUT2D eigenvalue weighted by Gasteiger charge is 2.49. The molecule has 0 spiro atoms. The fourth-order valence-electron chi connectivity index (χ4n) is 5.34. The van der Waals surface area contributed by atoms with Gasteiger partial charge in [-0.3, -0.25) is 9.59 Å². The van der Waals surface area contributed by atoms with E-state index in [0.29, 0.717) is 24.0 Å². The van der Waals surface area contributed by atoms with Gasteiger partial charge in [0.2, 0.25) is 0 Å². The number of ether oxygens (including phenoxy) is 2. The smallest absolute Gasteiger partial charge is 0.336 e. The number of carbonyl (C=O) groups excluding carboxylic acids is 3. The van der Waals surface area contributed by atoms with Crippen molar-refractivity contribution < 1.29 is 23.9 Å². The lowest BCUT2D eigenvalue weighted by molar-refractivity contribution is -0.152. The van der Waals surface area contributed by atoms with Gasteiger partial charge < -0.3 is 14.8 Å². The van der Waals surface area contributed by atoms with Crippen molar-refractivity contribution in [2.24, 2.45) is 5.92 Å². The zero-order valence-corrected chi connectivity index (χ0v) is 21.1. The highest BCUT2D eigenvalue weighted by atomic mass is 16.5. The van der Waals surface area contributed by atoms with Crippen LogP contribution in [0.3, 0.4) is 0 Å². The van der Waals surface area contributed by atoms with Gasteiger partial charge in [0.25, 0.3) is 0 Å². The van der Waals surface area contributed by atoms with Crippen LogP contribution >= 0.6 is 0 Å². The van der Waals surface area contributed by atoms with E-state index in [1.54, 1.807) is 13.8 Å². The molecule has 0 saturated carbocycles. The molecule has 6 nitrogen and oxygen atoms in total. The first-order chi connectivity index (χ1) is 17.5. The molecular formula is C30H33NO5. The van der Waals surface area contributed by atoms with Crippen LogP contribution in [-0.2, 0) is 23.9 Å². The molecule has 2 aromatic carbocycles. The maximum atomic E-state index is 14.3. The normalized spacial score (nSPS) is 21.5. The summed E-state index contributed by atoms with van der Waals surface area (Å²) in [6.07, 6.45) is 1.91. The van der Waals surface area contributed by atoms with Crippen LogP contribution in [0.4, 0.5) is 0 Å². The highest BCUT2D eigenvalue weighted by Crippen LogP contribution is 2.48. The Kier molecular flexibility index (Phi) is 8.04. The fraction of sp³-hybridized carbons (Fsp3) is 0.367. The number of ketones is 1. The Morgan fingerprint density at radius 3 is 2.08 bits per heavy atom. The lowest BCUT2D eigenvalue weighted by Crippen LogP contribution is -2.43. The van der Waals surface area contributed by atoms with Gasteiger partial charge >= 0.3 is 11.9 Å². The summed E-state index contributed by atoms with van der Waals surface area (Å²) in [6.45, 7) is 5.97. The summed E-state index contributed by atoms with van der Waals surface area (Å²) in [6, 6.07) is 19.1. The zero-order chi connectivity index (χ0) is 25.7. The Morgan fingerprint density at radius 1 is 0.889 bits per heavy atom. The number of Topliss-reactive ketones (excluding diaryl/α,β-unsaturated/α-hetero) is 1. The molecule has 1 heterocycles. The van der Waals surface area contributed by atoms with Crippen molar-refractivity contribution in [1.29, 1.82) is 0 Å². The van der Waals surface area contributed by atoms with Crippen LogP contribution in [0.1, 0.15) is 63.0 Å². The Hall–Kier alpha value is -3.67. The average molecular weight is 488 g/mol. The number of esters is 2. The minimum Gasteiger partial charge on any atom is -0.465 e. The van der Waals surface area contributed by atoms with Gasteiger partial charge in [-0.15, -0.1) is 0 Å². The molecule has 0 aromatic heterocycles. The van der Waals surface area contributed by atoms with Gasteiger partial charge in [0.05, 0.1) is 18.8 Å². The topological polar surface area (TPSA) is 81.7 Å². The summed E-state index contributed by atoms with van der Waals surface area (Å²) in [4.78, 5) is 40.8. The number of dihydropyridines is 1. The molecule has 0 saturated heterocycles. The molecule has 36 heavy (non-hydrogen) atoms. The largest absolute Gasteiger partial charge is 0.465 e. The first-order valence-electron chi connectivity index (χ1n) is 12.7. The van der Waals surface area contributed by atoms with Crippen LogP contribution in [0.2, 0.25) is 0 Å². The molecule has 0 fully saturated rings. The summed E-state index contributed by atoms with van der Waals surface area (Å²) in [7, 11) is 0. The third-order valence-corrected chi connectivity index (χ3v) is 6.80. The lowest BCUT2D eigenvalue weighted by Gasteiger charge is -2.40. The third kappa shape index (κ3) is 4.85. The van der Waals surface area contributed by atoms with Crippen molar-refractivity contribution in [3.05, 3.63) is 94.3 Å². The number of hydrogen-bond donors (Lipinski definition) is 1. The minimum absolute atomic E-state index is 0.186. The monoisotopic (exact) mass is 487 g/mol. The SMILES string of the molecule is CCCC1=C(C(=O)OCC)[C@H](c2ccccc2)C2=C(C[C@@H](c3ccccc3)[C@H](C(=O)OCC)C2=O)N1. The number of hydrogen-bond acceptors (Lipinski definition) is 6. The van der Waals surface area contributed by atoms with Gasteiger partial charge in [-0.25, -0.2) is 4.79 Å². The third-order valence-electron chi connectivity index (χ3n) is 6.80. The highest BCUT2D eigenvalue weighted by molar-refractivity contribution is 6.13. The van der Waals surface area contributed by atoms with Crippen molar-refractivity contribution in [2.45, 2.75) is 51.9 Å². The van der Waals surface area contributed by atoms with Crippen molar-refractivity contribution in [3.8, 4) is 0 Å². The maximum Gasteiger partial charge on any atom is 0.336 e. The van der Waals surface area contributed by atoms with Crippen molar-refractivity contribution >= 4 is 17.7 Å². The summed E-state index contributed by atoms with van der Waals surface area (Å²) in [5.41, 5.74) is 4.16. The first-order valence-corrected chi connectivity index (χ1v) is 12.7. The van der Waals surface area contributed by atoms with Crippen molar-refractivity contribution in [1.82, 2.24) is 5.32 Å². The molecule has 1 N–H and O–H groups in total. The number of rotatable bonds is 8. The second-order valence-corrected chi connectivity index (χ2v) is 9.04. The van der Waals surface area contributed by atoms with Gasteiger partial charge in [0, 0.05) is 28.8 Å². The van der Waals surface area contributed by atoms with E-state index in [0.717, 1.165) is 28.9 Å². The van der Waals surface area contributed by atoms with Crippen LogP contribution < -0.4 is 5.32 Å². The molecule has 0 unspecified atom stereocenters. The lowest BCUT2D eigenvalue weighted by atomic mass is 9.67. The van der Waals surface area contributed by atoms with Crippen LogP contribution in [0.25, 0.3) is 0 Å². The van der Waals surface area contributed by atoms with Crippen LogP contribution in [0.5, 0.6) is 0 Å². The molecule has 1 aliphatic carbocycles. The van der Waals surface area contributed by atoms with E-state index in [9.17, 15) is 14.4 Å². The zero-order valence-electron chi connectivity index (χ0n) is 21.1. The maximum absolute atomic E-state index is 14.3. The number of nitrogens with one attached hydrogen (secondary N) is 1. The molecule has 0 bridgehead atoms. The quantitative estimate of drug-likeness (QED) is 0.408. The van der Waals surface area contributed by atoms with Crippen LogP contribution in [0, 0.1) is 5.92 Å². The van der Waals surface area contributed by atoms with Gasteiger partial charge in [-0.2, -0.15) is 0 Å². The van der Waals surface area contributed by atoms with Crippen LogP contribution in [0.15, 0.2) is 83.2 Å². The van der Waals surface area contributed by atoms with Gasteiger partial charge in [0.1, 0.15) is 5.92 Å². The standard InChI is InChI=1S/C30H33NO5/c1-4-13-22-27(30(34)36-6-3)24(20-16-11-8-12-17-20)26-23(31-22)18-21(19-14-9-7-10-15-19)25(28(26)32)29(33)35-5-2/h7-12,14-17,21,24-25,31H,4-6,13,18H2,1-3H3/t21-,24+,25-/m0/s1. The molecule has 4 rings (SSSR count). The van der Waals surface area contributed by atoms with Gasteiger partial charge in [-0.1, -0.05) is 74.0 Å². The number of carbonyl (C=O) groups is 3. The molecule has 2 aromatic rings. The minimum atomic E-state index is -0.990. The molecule has 2 aliphatic rings. The Morgan fingerprint density at radius 2 is 1.50 bits per heavy atom. The predicted molar refractivity (Wildman–Crippen MR) is 137 cm³/mol. The Bertz CT molecular complexity index is 1180. The van der Waals surface area contributed by atoms with Gasteiger partial charge in [0.15, 0.2) is 5.78 Å². The molecular weight excluding hydrogens is 454 g/mol. The predicted octanol–water partition coefficient (Wildman–Crippen LogP) is 5.18. The van der Waals surface area contributed by atoms with E-state index in [1.807, 2.05) is 60.7 Å². The average Bonchev–Trinajstić information content (AvgIpc) is 2.89. The second-order valence-electron chi connectivity index (χ2n) is 9.04. The Balaban J connectivity index is 1.91. The molecule has 188 valence electrons. The summed E-state index contributed by atoms with van der Waals surface area (Å²) in [5, 5.41) is 3.45. The molecule has 6 heteroatoms. The fourth-order valence-corrected chi connectivity index (χ4v) is 5.34. The number of benzene rings is 2. The number of allylic oxidation sites excluding steroid dienone is 3. The summed E-state index contributed by atoms with van der Waals surface area (Å²) in [5.74, 6) is -3.26. The molecule has 0 radical (unpaired) electrons. The Labute approximate surface area is 212 Å². The van der Waals surface area contributed by atoms with Crippen LogP contribution in [-0.4, -0.2) is 30.9 Å². The first kappa shape index (κ1) is 25.4. The summed E-state index contributed by atoms with van der Waals surface area (Å²) >= 11 is 0. The van der Waals surface area contributed by atoms with E-state index in [2.05, 4.69) is 12.2 Å². The van der Waals surface area contributed by atoms with E-state index < -0.39 is 23.8 Å². The van der Waals surface area contributed by atoms with Gasteiger partial charge in [-0.05, 0) is 37.8 Å². The van der Waals surface area contributed by atoms with E-state index in [1.165, 1.54) is 0 Å². The van der Waals surface area contributed by atoms with E-state index in [-0.39, 0.29) is 24.9 Å². The molecule has 0 amide bonds. The van der Waals surface area contributed by atoms with E-state index in [4.69, 9.17) is 9.47 Å². The molecule has 1 aliphatic heterocycles. The van der Waals surface area contributed by atoms with Crippen molar-refractivity contribution in [3.63, 3.8) is 0 Å².